The highest BCUT2D eigenvalue weighted by atomic mass is 127. The first-order valence-corrected chi connectivity index (χ1v) is 7.61. The summed E-state index contributed by atoms with van der Waals surface area (Å²) in [5.74, 6) is 0.715. The summed E-state index contributed by atoms with van der Waals surface area (Å²) in [5.41, 5.74) is 0. The lowest BCUT2D eigenvalue weighted by Crippen LogP contribution is -2.25. The fraction of sp³-hybridized carbons (Fsp3) is 0.625. The fourth-order valence-corrected chi connectivity index (χ4v) is 2.85. The van der Waals surface area contributed by atoms with E-state index in [-0.39, 0.29) is 5.03 Å². The summed E-state index contributed by atoms with van der Waals surface area (Å²) in [6.45, 7) is 4.89. The Morgan fingerprint density at radius 2 is 2.27 bits per heavy atom. The molecule has 1 aromatic heterocycles. The summed E-state index contributed by atoms with van der Waals surface area (Å²) >= 11 is 2.11. The van der Waals surface area contributed by atoms with E-state index in [1.807, 2.05) is 6.92 Å². The molecule has 1 aromatic rings. The largest absolute Gasteiger partial charge is 0.334 e. The zero-order valence-corrected chi connectivity index (χ0v) is 11.7. The molecule has 5 nitrogen and oxygen atoms in total. The average Bonchev–Trinajstić information content (AvgIpc) is 2.57. The molecule has 0 amide bonds. The van der Waals surface area contributed by atoms with E-state index in [4.69, 9.17) is 0 Å². The quantitative estimate of drug-likeness (QED) is 0.639. The maximum absolute atomic E-state index is 11.7. The number of halogens is 1. The van der Waals surface area contributed by atoms with Gasteiger partial charge in [-0.1, -0.05) is 22.6 Å². The molecule has 0 unspecified atom stereocenters. The number of aryl methyl sites for hydroxylation is 2. The number of rotatable bonds is 5. The van der Waals surface area contributed by atoms with Crippen molar-refractivity contribution < 1.29 is 8.42 Å². The van der Waals surface area contributed by atoms with Crippen LogP contribution < -0.4 is 4.72 Å². The molecule has 0 atom stereocenters. The van der Waals surface area contributed by atoms with E-state index in [9.17, 15) is 8.42 Å². The average molecular weight is 343 g/mol. The molecule has 1 rings (SSSR count). The number of aromatic nitrogens is 2. The Hall–Kier alpha value is -0.150. The van der Waals surface area contributed by atoms with Crippen molar-refractivity contribution in [2.75, 3.05) is 11.0 Å². The Morgan fingerprint density at radius 3 is 2.73 bits per heavy atom. The summed E-state index contributed by atoms with van der Waals surface area (Å²) in [5, 5.41) is 0.103. The van der Waals surface area contributed by atoms with Crippen LogP contribution >= 0.6 is 22.6 Å². The van der Waals surface area contributed by atoms with Gasteiger partial charge in [0.15, 0.2) is 5.03 Å². The van der Waals surface area contributed by atoms with Gasteiger partial charge in [-0.2, -0.15) is 0 Å². The Labute approximate surface area is 103 Å². The van der Waals surface area contributed by atoms with Crippen molar-refractivity contribution in [3.05, 3.63) is 12.0 Å². The third-order valence-electron chi connectivity index (χ3n) is 1.96. The van der Waals surface area contributed by atoms with Gasteiger partial charge in [-0.25, -0.2) is 18.1 Å². The van der Waals surface area contributed by atoms with Crippen LogP contribution in [0.4, 0.5) is 0 Å². The molecule has 1 heterocycles. The van der Waals surface area contributed by atoms with Crippen LogP contribution in [0.25, 0.3) is 0 Å². The molecule has 0 aromatic carbocycles. The number of hydrogen-bond acceptors (Lipinski definition) is 3. The van der Waals surface area contributed by atoms with Gasteiger partial charge in [-0.05, 0) is 13.8 Å². The van der Waals surface area contributed by atoms with Gasteiger partial charge in [-0.3, -0.25) is 0 Å². The normalized spacial score (nSPS) is 11.9. The van der Waals surface area contributed by atoms with Crippen LogP contribution in [0, 0.1) is 6.92 Å². The van der Waals surface area contributed by atoms with E-state index >= 15 is 0 Å². The first-order valence-electron chi connectivity index (χ1n) is 4.60. The van der Waals surface area contributed by atoms with Gasteiger partial charge in [0.05, 0.1) is 0 Å². The molecule has 0 bridgehead atoms. The molecule has 15 heavy (non-hydrogen) atoms. The molecule has 0 aliphatic carbocycles. The lowest BCUT2D eigenvalue weighted by molar-refractivity contribution is 0.581. The number of alkyl halides is 1. The van der Waals surface area contributed by atoms with Crippen LogP contribution in [0.2, 0.25) is 0 Å². The van der Waals surface area contributed by atoms with Gasteiger partial charge in [0.1, 0.15) is 5.82 Å². The van der Waals surface area contributed by atoms with E-state index in [0.29, 0.717) is 12.4 Å². The molecule has 0 aliphatic rings. The Morgan fingerprint density at radius 1 is 1.60 bits per heavy atom. The summed E-state index contributed by atoms with van der Waals surface area (Å²) in [4.78, 5) is 4.02. The zero-order valence-electron chi connectivity index (χ0n) is 8.70. The zero-order chi connectivity index (χ0) is 11.5. The highest BCUT2D eigenvalue weighted by Crippen LogP contribution is 2.08. The van der Waals surface area contributed by atoms with Crippen molar-refractivity contribution in [2.45, 2.75) is 25.4 Å². The number of sulfonamides is 1. The summed E-state index contributed by atoms with van der Waals surface area (Å²) < 4.78 is 28.4. The first-order chi connectivity index (χ1) is 7.01. The molecule has 0 saturated carbocycles. The SMILES string of the molecule is CCn1cc(S(=O)(=O)NCCI)nc1C. The van der Waals surface area contributed by atoms with Crippen molar-refractivity contribution in [3.63, 3.8) is 0 Å². The highest BCUT2D eigenvalue weighted by molar-refractivity contribution is 14.1. The first kappa shape index (κ1) is 12.9. The molecule has 0 aliphatic heterocycles. The summed E-state index contributed by atoms with van der Waals surface area (Å²) in [6, 6.07) is 0. The molecule has 7 heteroatoms. The minimum absolute atomic E-state index is 0.103. The van der Waals surface area contributed by atoms with Crippen LogP contribution in [0.3, 0.4) is 0 Å². The fourth-order valence-electron chi connectivity index (χ4n) is 1.18. The Bertz CT molecular complexity index is 427. The standard InChI is InChI=1S/C8H14IN3O2S/c1-3-12-6-8(11-7(12)2)15(13,14)10-5-4-9/h6,10H,3-5H2,1-2H3. The van der Waals surface area contributed by atoms with E-state index in [1.54, 1.807) is 17.7 Å². The topological polar surface area (TPSA) is 64.0 Å². The number of imidazole rings is 1. The highest BCUT2D eigenvalue weighted by Gasteiger charge is 2.17. The van der Waals surface area contributed by atoms with Crippen LogP contribution in [0.1, 0.15) is 12.7 Å². The van der Waals surface area contributed by atoms with Crippen LogP contribution in [-0.2, 0) is 16.6 Å². The van der Waals surface area contributed by atoms with E-state index < -0.39 is 10.0 Å². The number of nitrogens with zero attached hydrogens (tertiary/aromatic N) is 2. The molecular weight excluding hydrogens is 329 g/mol. The van der Waals surface area contributed by atoms with Gasteiger partial charge >= 0.3 is 0 Å². The van der Waals surface area contributed by atoms with Crippen molar-refractivity contribution in [1.29, 1.82) is 0 Å². The van der Waals surface area contributed by atoms with E-state index in [0.717, 1.165) is 11.0 Å². The molecular formula is C8H14IN3O2S. The molecule has 0 spiro atoms. The number of hydrogen-bond donors (Lipinski definition) is 1. The van der Waals surface area contributed by atoms with Crippen LogP contribution in [0.5, 0.6) is 0 Å². The van der Waals surface area contributed by atoms with E-state index in [1.165, 1.54) is 0 Å². The lowest BCUT2D eigenvalue weighted by atomic mass is 10.6. The van der Waals surface area contributed by atoms with Gasteiger partial charge in [0, 0.05) is 23.7 Å². The van der Waals surface area contributed by atoms with Crippen molar-refractivity contribution in [1.82, 2.24) is 14.3 Å². The second kappa shape index (κ2) is 5.26. The molecule has 86 valence electrons. The summed E-state index contributed by atoms with van der Waals surface area (Å²) in [6.07, 6.45) is 1.56. The smallest absolute Gasteiger partial charge is 0.259 e. The van der Waals surface area contributed by atoms with Crippen molar-refractivity contribution in [3.8, 4) is 0 Å². The molecule has 0 saturated heterocycles. The van der Waals surface area contributed by atoms with Gasteiger partial charge in [0.2, 0.25) is 0 Å². The summed E-state index contributed by atoms with van der Waals surface area (Å²) in [7, 11) is -3.42. The lowest BCUT2D eigenvalue weighted by Gasteiger charge is -2.00. The second-order valence-corrected chi connectivity index (χ2v) is 5.79. The molecule has 1 N–H and O–H groups in total. The predicted octanol–water partition coefficient (Wildman–Crippen LogP) is 0.925. The molecule has 0 radical (unpaired) electrons. The maximum Gasteiger partial charge on any atom is 0.259 e. The second-order valence-electron chi connectivity index (χ2n) is 3.00. The van der Waals surface area contributed by atoms with Gasteiger partial charge in [-0.15, -0.1) is 0 Å². The van der Waals surface area contributed by atoms with Gasteiger partial charge in [0.25, 0.3) is 10.0 Å². The number of nitrogens with one attached hydrogen (secondary N) is 1. The van der Waals surface area contributed by atoms with Crippen molar-refractivity contribution >= 4 is 32.6 Å². The third-order valence-corrected chi connectivity index (χ3v) is 3.83. The monoisotopic (exact) mass is 343 g/mol. The van der Waals surface area contributed by atoms with Crippen LogP contribution in [0.15, 0.2) is 11.2 Å². The molecule has 0 fully saturated rings. The minimum atomic E-state index is -3.42. The Kier molecular flexibility index (Phi) is 4.53. The van der Waals surface area contributed by atoms with Crippen LogP contribution in [-0.4, -0.2) is 28.9 Å². The minimum Gasteiger partial charge on any atom is -0.334 e. The van der Waals surface area contributed by atoms with Gasteiger partial charge < -0.3 is 4.57 Å². The van der Waals surface area contributed by atoms with E-state index in [2.05, 4.69) is 32.3 Å². The van der Waals surface area contributed by atoms with Crippen molar-refractivity contribution in [2.24, 2.45) is 0 Å². The Balaban J connectivity index is 2.95. The maximum atomic E-state index is 11.7. The third kappa shape index (κ3) is 3.15. The predicted molar refractivity (Wildman–Crippen MR) is 66.7 cm³/mol.